The molecule has 6 fully saturated rings. The highest BCUT2D eigenvalue weighted by Crippen LogP contribution is 2.68. The van der Waals surface area contributed by atoms with E-state index in [1.807, 2.05) is 111 Å². The summed E-state index contributed by atoms with van der Waals surface area (Å²) in [7, 11) is 0. The summed E-state index contributed by atoms with van der Waals surface area (Å²) in [6.45, 7) is 52.0. The fourth-order valence-electron chi connectivity index (χ4n) is 10.4. The van der Waals surface area contributed by atoms with E-state index in [-0.39, 0.29) is 44.6 Å². The van der Waals surface area contributed by atoms with E-state index < -0.39 is 0 Å². The molecule has 0 heteroatoms. The summed E-state index contributed by atoms with van der Waals surface area (Å²) >= 11 is 0. The normalized spacial score (nSPS) is 37.9. The second-order valence-electron chi connectivity index (χ2n) is 13.3. The molecule has 6 aliphatic carbocycles. The first kappa shape index (κ1) is 75.0. The quantitative estimate of drug-likeness (QED) is 0.234. The van der Waals surface area contributed by atoms with Crippen LogP contribution < -0.4 is 0 Å². The Morgan fingerprint density at radius 3 is 0.540 bits per heavy atom. The lowest BCUT2D eigenvalue weighted by molar-refractivity contribution is -0.0149. The maximum atomic E-state index is 2.52. The highest BCUT2D eigenvalue weighted by molar-refractivity contribution is 5.11. The Balaban J connectivity index is -0.0000000528. The van der Waals surface area contributed by atoms with Crippen molar-refractivity contribution < 1.29 is 0 Å². The van der Waals surface area contributed by atoms with Gasteiger partial charge in [-0.25, -0.2) is 0 Å². The van der Waals surface area contributed by atoms with E-state index in [0.717, 1.165) is 94.7 Å². The molecular formula is C50H120. The molecule has 0 aromatic heterocycles. The summed E-state index contributed by atoms with van der Waals surface area (Å²) in [5.41, 5.74) is 0. The minimum Gasteiger partial charge on any atom is -0.0776 e. The number of rotatable bonds is 0. The average molecular weight is 722 g/mol. The molecule has 0 radical (unpaired) electrons. The van der Waals surface area contributed by atoms with Gasteiger partial charge in [-0.1, -0.05) is 211 Å². The van der Waals surface area contributed by atoms with Crippen molar-refractivity contribution in [3.8, 4) is 0 Å². The fourth-order valence-corrected chi connectivity index (χ4v) is 10.4. The van der Waals surface area contributed by atoms with Gasteiger partial charge in [0.15, 0.2) is 0 Å². The summed E-state index contributed by atoms with van der Waals surface area (Å²) in [4.78, 5) is 0. The van der Waals surface area contributed by atoms with Crippen LogP contribution in [-0.4, -0.2) is 0 Å². The summed E-state index contributed by atoms with van der Waals surface area (Å²) in [5, 5.41) is 0. The monoisotopic (exact) mass is 721 g/mol. The number of fused-ring (bicyclic) bond motifs is 8. The first-order valence-electron chi connectivity index (χ1n) is 21.2. The molecule has 0 N–H and O–H groups in total. The highest BCUT2D eigenvalue weighted by Gasteiger charge is 2.63. The lowest BCUT2D eigenvalue weighted by Crippen LogP contribution is -2.44. The van der Waals surface area contributed by atoms with Crippen molar-refractivity contribution in [2.24, 2.45) is 94.7 Å². The Kier molecular flexibility index (Phi) is 62.7. The Hall–Kier alpha value is 0. The van der Waals surface area contributed by atoms with Gasteiger partial charge < -0.3 is 0 Å². The van der Waals surface area contributed by atoms with Crippen LogP contribution in [0.2, 0.25) is 0 Å². The molecule has 16 atom stereocenters. The fraction of sp³-hybridized carbons (Fsp3) is 1.00. The molecule has 0 aromatic rings. The Morgan fingerprint density at radius 2 is 0.360 bits per heavy atom. The van der Waals surface area contributed by atoms with Gasteiger partial charge in [0.2, 0.25) is 0 Å². The predicted molar refractivity (Wildman–Crippen MR) is 251 cm³/mol. The molecule has 320 valence electrons. The molecule has 50 heavy (non-hydrogen) atoms. The summed E-state index contributed by atoms with van der Waals surface area (Å²) in [6.07, 6.45) is 6.19. The minimum absolute atomic E-state index is 0. The van der Waals surface area contributed by atoms with Gasteiger partial charge in [0.1, 0.15) is 0 Å². The van der Waals surface area contributed by atoms with Crippen LogP contribution in [0.3, 0.4) is 0 Å². The Labute approximate surface area is 330 Å². The molecule has 6 unspecified atom stereocenters. The van der Waals surface area contributed by atoms with Crippen LogP contribution in [0.15, 0.2) is 0 Å². The van der Waals surface area contributed by atoms with E-state index in [2.05, 4.69) is 55.4 Å². The van der Waals surface area contributed by atoms with Crippen molar-refractivity contribution in [1.82, 2.24) is 0 Å². The van der Waals surface area contributed by atoms with Gasteiger partial charge >= 0.3 is 0 Å². The molecule has 0 nitrogen and oxygen atoms in total. The van der Waals surface area contributed by atoms with Gasteiger partial charge in [0.05, 0.1) is 0 Å². The zero-order valence-electron chi connectivity index (χ0n) is 36.1. The van der Waals surface area contributed by atoms with Crippen LogP contribution in [0.25, 0.3) is 0 Å². The van der Waals surface area contributed by atoms with E-state index in [9.17, 15) is 0 Å². The number of hydrogen-bond acceptors (Lipinski definition) is 0. The molecule has 0 saturated heterocycles. The van der Waals surface area contributed by atoms with Crippen LogP contribution in [0.4, 0.5) is 0 Å². The molecule has 6 aliphatic rings. The molecule has 0 spiro atoms. The third-order valence-corrected chi connectivity index (χ3v) is 12.6. The summed E-state index contributed by atoms with van der Waals surface area (Å²) in [6, 6.07) is 0. The lowest BCUT2D eigenvalue weighted by Gasteiger charge is -2.49. The van der Waals surface area contributed by atoms with E-state index >= 15 is 0 Å². The van der Waals surface area contributed by atoms with Gasteiger partial charge in [0, 0.05) is 0 Å². The van der Waals surface area contributed by atoms with Gasteiger partial charge in [-0.2, -0.15) is 0 Å². The SMILES string of the molecule is C.C.C.C.C.C.CC.CC.CC.CC.CC.CC.CC.CC.CC1C2C(C[C@H]1C)C1C2C[C@@H](C)[C@H]1C.C[C@@H]1[C@@H]2[C@H]3C(C[C@@H](C)[C@H]3C)[C@@H]2C[C@@H]1C. The van der Waals surface area contributed by atoms with Crippen LogP contribution in [-0.2, 0) is 0 Å². The van der Waals surface area contributed by atoms with Crippen molar-refractivity contribution in [2.45, 2.75) is 236 Å². The van der Waals surface area contributed by atoms with Gasteiger partial charge in [0.25, 0.3) is 0 Å². The second-order valence-corrected chi connectivity index (χ2v) is 13.3. The van der Waals surface area contributed by atoms with Crippen molar-refractivity contribution in [2.75, 3.05) is 0 Å². The molecule has 0 bridgehead atoms. The largest absolute Gasteiger partial charge is 0.0776 e. The molecule has 0 aromatic carbocycles. The van der Waals surface area contributed by atoms with E-state index in [1.54, 1.807) is 25.7 Å². The summed E-state index contributed by atoms with van der Waals surface area (Å²) < 4.78 is 0. The zero-order chi connectivity index (χ0) is 36.1. The van der Waals surface area contributed by atoms with Crippen LogP contribution >= 0.6 is 0 Å². The predicted octanol–water partition coefficient (Wildman–Crippen LogP) is 19.7. The smallest absolute Gasteiger partial charge is 0.0321 e. The van der Waals surface area contributed by atoms with Crippen molar-refractivity contribution >= 4 is 0 Å². The van der Waals surface area contributed by atoms with Gasteiger partial charge in [-0.3, -0.25) is 0 Å². The van der Waals surface area contributed by atoms with Crippen molar-refractivity contribution in [3.05, 3.63) is 0 Å². The van der Waals surface area contributed by atoms with E-state index in [0.29, 0.717) is 0 Å². The second kappa shape index (κ2) is 41.8. The van der Waals surface area contributed by atoms with E-state index in [4.69, 9.17) is 0 Å². The molecular weight excluding hydrogens is 601 g/mol. The first-order valence-corrected chi connectivity index (χ1v) is 21.2. The van der Waals surface area contributed by atoms with Gasteiger partial charge in [-0.05, 0) is 120 Å². The topological polar surface area (TPSA) is 0 Å². The maximum absolute atomic E-state index is 2.52. The number of hydrogen-bond donors (Lipinski definition) is 0. The minimum atomic E-state index is 0. The lowest BCUT2D eigenvalue weighted by atomic mass is 9.56. The molecule has 6 saturated carbocycles. The summed E-state index contributed by atoms with van der Waals surface area (Å²) in [5.74, 6) is 17.2. The Bertz CT molecular complexity index is 533. The molecule has 0 amide bonds. The molecule has 0 aliphatic heterocycles. The third-order valence-electron chi connectivity index (χ3n) is 12.6. The Morgan fingerprint density at radius 1 is 0.220 bits per heavy atom. The highest BCUT2D eigenvalue weighted by atomic mass is 14.7. The van der Waals surface area contributed by atoms with Crippen molar-refractivity contribution in [3.63, 3.8) is 0 Å². The first-order chi connectivity index (χ1) is 21.2. The average Bonchev–Trinajstić information content (AvgIpc) is 3.69. The van der Waals surface area contributed by atoms with Crippen molar-refractivity contribution in [1.29, 1.82) is 0 Å². The van der Waals surface area contributed by atoms with E-state index in [1.165, 1.54) is 0 Å². The standard InChI is InChI=1S/2C14H24.8C2H6.6CH4/c1-7-5-11-13(9(7)3)12-6-8(2)10(4)14(11)12;1-7-5-11-12-6-8(2)10(4)14(12)13(11)9(7)3;8*1-2;;;;;;/h2*7-14H,5-6H2,1-4H3;8*1-2H3;6*1H4/t7-,8-,9-,10?,11?,12?,13?,14?;7-,8+,9-,10+,11-,12?,13-,14+;;;;;;;;;;;;;;/m10............../s1. The zero-order valence-corrected chi connectivity index (χ0v) is 36.1. The van der Waals surface area contributed by atoms with Crippen LogP contribution in [0, 0.1) is 94.7 Å². The molecule has 0 heterocycles. The van der Waals surface area contributed by atoms with Crippen LogP contribution in [0.1, 0.15) is 236 Å². The van der Waals surface area contributed by atoms with Crippen LogP contribution in [0.5, 0.6) is 0 Å². The third kappa shape index (κ3) is 16.6. The van der Waals surface area contributed by atoms with Gasteiger partial charge in [-0.15, -0.1) is 0 Å². The molecule has 6 rings (SSSR count). The maximum Gasteiger partial charge on any atom is -0.0321 e.